The average Bonchev–Trinajstić information content (AvgIpc) is 3.83. The molecule has 8 rings (SSSR count). The number of amides is 2. The van der Waals surface area contributed by atoms with Crippen molar-refractivity contribution in [1.29, 1.82) is 0 Å². The zero-order chi connectivity index (χ0) is 31.9. The van der Waals surface area contributed by atoms with Crippen LogP contribution in [0.3, 0.4) is 0 Å². The maximum atomic E-state index is 14.1. The van der Waals surface area contributed by atoms with Crippen LogP contribution in [0.4, 0.5) is 4.79 Å². The molecule has 3 aromatic rings. The lowest BCUT2D eigenvalue weighted by molar-refractivity contribution is -0.129. The van der Waals surface area contributed by atoms with Crippen molar-refractivity contribution in [3.8, 4) is 16.9 Å². The fourth-order valence-electron chi connectivity index (χ4n) is 8.79. The minimum atomic E-state index is -0.398. The first-order valence-corrected chi connectivity index (χ1v) is 17.3. The molecule has 5 aliphatic carbocycles. The molecule has 0 aliphatic heterocycles. The van der Waals surface area contributed by atoms with Crippen molar-refractivity contribution in [2.24, 2.45) is 11.3 Å². The predicted molar refractivity (Wildman–Crippen MR) is 178 cm³/mol. The van der Waals surface area contributed by atoms with Gasteiger partial charge in [-0.05, 0) is 129 Å². The van der Waals surface area contributed by atoms with Gasteiger partial charge in [0.25, 0.3) is 0 Å². The van der Waals surface area contributed by atoms with Crippen LogP contribution in [0.2, 0.25) is 0 Å². The number of benzene rings is 2. The number of carbonyl (C=O) groups excluding carboxylic acids is 2. The highest BCUT2D eigenvalue weighted by molar-refractivity contribution is 5.79. The van der Waals surface area contributed by atoms with Crippen molar-refractivity contribution in [3.63, 3.8) is 0 Å². The number of aromatic nitrogens is 2. The maximum Gasteiger partial charge on any atom is 0.407 e. The number of methoxy groups -OCH3 is 2. The second-order valence-corrected chi connectivity index (χ2v) is 14.5. The van der Waals surface area contributed by atoms with E-state index in [1.807, 2.05) is 6.20 Å². The minimum absolute atomic E-state index is 0.0133. The number of hydrogen-bond acceptors (Lipinski definition) is 5. The van der Waals surface area contributed by atoms with E-state index in [-0.39, 0.29) is 34.7 Å². The first-order valence-electron chi connectivity index (χ1n) is 17.3. The molecule has 8 nitrogen and oxygen atoms in total. The van der Waals surface area contributed by atoms with Gasteiger partial charge in [0.2, 0.25) is 5.91 Å². The molecule has 0 saturated heterocycles. The van der Waals surface area contributed by atoms with E-state index in [0.717, 1.165) is 81.1 Å². The zero-order valence-corrected chi connectivity index (χ0v) is 27.5. The molecule has 0 spiro atoms. The maximum absolute atomic E-state index is 14.1. The molecule has 2 N–H and O–H groups in total. The Labute approximate surface area is 272 Å². The van der Waals surface area contributed by atoms with Gasteiger partial charge in [0.1, 0.15) is 5.75 Å². The third-order valence-corrected chi connectivity index (χ3v) is 11.9. The van der Waals surface area contributed by atoms with E-state index >= 15 is 0 Å². The molecule has 244 valence electrons. The molecule has 2 bridgehead atoms. The van der Waals surface area contributed by atoms with Crippen LogP contribution in [0, 0.1) is 18.3 Å². The van der Waals surface area contributed by atoms with E-state index in [1.165, 1.54) is 36.6 Å². The van der Waals surface area contributed by atoms with Gasteiger partial charge in [-0.1, -0.05) is 30.3 Å². The second kappa shape index (κ2) is 12.4. The highest BCUT2D eigenvalue weighted by atomic mass is 16.5. The van der Waals surface area contributed by atoms with Gasteiger partial charge in [-0.3, -0.25) is 9.48 Å². The number of carbonyl (C=O) groups is 2. The van der Waals surface area contributed by atoms with E-state index in [4.69, 9.17) is 9.47 Å². The van der Waals surface area contributed by atoms with Gasteiger partial charge >= 0.3 is 6.09 Å². The SMILES string of the molecule is COC(=O)NC1CCC(C(=O)NC(c2cccc(-c3cnn(C4CC4)c3)c2)C23CCC(c4ccc(OC)c(C)c4)(CC2)CC3)CC1. The molecule has 5 saturated carbocycles. The van der Waals surface area contributed by atoms with Crippen LogP contribution in [0.5, 0.6) is 5.75 Å². The van der Waals surface area contributed by atoms with Gasteiger partial charge in [0, 0.05) is 23.7 Å². The van der Waals surface area contributed by atoms with Crippen LogP contribution < -0.4 is 15.4 Å². The van der Waals surface area contributed by atoms with Crippen molar-refractivity contribution in [2.75, 3.05) is 14.2 Å². The van der Waals surface area contributed by atoms with E-state index < -0.39 is 6.09 Å². The number of nitrogens with zero attached hydrogens (tertiary/aromatic N) is 2. The molecule has 5 fully saturated rings. The van der Waals surface area contributed by atoms with Gasteiger partial charge in [0.05, 0.1) is 32.5 Å². The molecule has 1 unspecified atom stereocenters. The molecule has 2 aromatic carbocycles. The molecule has 1 atom stereocenters. The number of rotatable bonds is 9. The highest BCUT2D eigenvalue weighted by Crippen LogP contribution is 2.62. The summed E-state index contributed by atoms with van der Waals surface area (Å²) in [4.78, 5) is 25.8. The molecule has 1 aromatic heterocycles. The van der Waals surface area contributed by atoms with Crippen LogP contribution in [0.25, 0.3) is 11.1 Å². The summed E-state index contributed by atoms with van der Waals surface area (Å²) in [6.45, 7) is 2.14. The van der Waals surface area contributed by atoms with E-state index in [2.05, 4.69) is 76.0 Å². The van der Waals surface area contributed by atoms with Crippen molar-refractivity contribution >= 4 is 12.0 Å². The molecule has 8 heteroatoms. The summed E-state index contributed by atoms with van der Waals surface area (Å²) in [6.07, 6.45) is 15.9. The van der Waals surface area contributed by atoms with E-state index in [9.17, 15) is 9.59 Å². The fourth-order valence-corrected chi connectivity index (χ4v) is 8.79. The molecular weight excluding hydrogens is 576 g/mol. The minimum Gasteiger partial charge on any atom is -0.496 e. The Morgan fingerprint density at radius 1 is 0.913 bits per heavy atom. The molecule has 5 aliphatic rings. The standard InChI is InChI=1S/C38H48N4O4/c1-25-21-30(9-14-33(25)45-2)37-15-18-38(19-16-37,20-17-37)34(41-35(43)26-7-10-31(11-8-26)40-36(44)46-3)28-6-4-5-27(22-28)29-23-39-42(24-29)32-12-13-32/h4-6,9,14,21-24,26,31-32,34H,7-8,10-13,15-20H2,1-3H3,(H,40,44)(H,41,43). The second-order valence-electron chi connectivity index (χ2n) is 14.5. The lowest BCUT2D eigenvalue weighted by atomic mass is 9.49. The highest BCUT2D eigenvalue weighted by Gasteiger charge is 2.53. The zero-order valence-electron chi connectivity index (χ0n) is 27.5. The summed E-state index contributed by atoms with van der Waals surface area (Å²) in [5, 5.41) is 11.2. The number of nitrogens with one attached hydrogen (secondary N) is 2. The Morgan fingerprint density at radius 2 is 1.65 bits per heavy atom. The fraction of sp³-hybridized carbons (Fsp3) is 0.553. The molecule has 46 heavy (non-hydrogen) atoms. The van der Waals surface area contributed by atoms with Gasteiger partial charge < -0.3 is 20.1 Å². The summed E-state index contributed by atoms with van der Waals surface area (Å²) in [6, 6.07) is 16.1. The van der Waals surface area contributed by atoms with E-state index in [0.29, 0.717) is 6.04 Å². The van der Waals surface area contributed by atoms with Gasteiger partial charge in [-0.2, -0.15) is 5.10 Å². The number of alkyl carbamates (subject to hydrolysis) is 1. The quantitative estimate of drug-likeness (QED) is 0.256. The lowest BCUT2D eigenvalue weighted by Crippen LogP contribution is -2.52. The third kappa shape index (κ3) is 5.91. The summed E-state index contributed by atoms with van der Waals surface area (Å²) >= 11 is 0. The van der Waals surface area contributed by atoms with Crippen LogP contribution in [-0.4, -0.2) is 42.0 Å². The monoisotopic (exact) mass is 624 g/mol. The Bertz CT molecular complexity index is 1560. The van der Waals surface area contributed by atoms with Crippen LogP contribution in [0.1, 0.15) is 106 Å². The normalized spacial score (nSPS) is 27.9. The molecule has 2 amide bonds. The average molecular weight is 625 g/mol. The molecule has 0 radical (unpaired) electrons. The Balaban J connectivity index is 1.14. The van der Waals surface area contributed by atoms with Crippen molar-refractivity contribution in [1.82, 2.24) is 20.4 Å². The Kier molecular flexibility index (Phi) is 8.32. The number of ether oxygens (including phenoxy) is 2. The van der Waals surface area contributed by atoms with Crippen LogP contribution >= 0.6 is 0 Å². The summed E-state index contributed by atoms with van der Waals surface area (Å²) in [7, 11) is 3.13. The number of hydrogen-bond donors (Lipinski definition) is 2. The predicted octanol–water partition coefficient (Wildman–Crippen LogP) is 7.57. The van der Waals surface area contributed by atoms with Crippen molar-refractivity contribution in [2.45, 2.75) is 108 Å². The number of aryl methyl sites for hydroxylation is 1. The number of fused-ring (bicyclic) bond motifs is 3. The largest absolute Gasteiger partial charge is 0.496 e. The van der Waals surface area contributed by atoms with Crippen LogP contribution in [-0.2, 0) is 14.9 Å². The first kappa shape index (κ1) is 30.8. The van der Waals surface area contributed by atoms with Crippen molar-refractivity contribution in [3.05, 3.63) is 71.5 Å². The Morgan fingerprint density at radius 3 is 2.30 bits per heavy atom. The van der Waals surface area contributed by atoms with E-state index in [1.54, 1.807) is 7.11 Å². The van der Waals surface area contributed by atoms with Crippen molar-refractivity contribution < 1.29 is 19.1 Å². The lowest BCUT2D eigenvalue weighted by Gasteiger charge is -2.57. The smallest absolute Gasteiger partial charge is 0.407 e. The summed E-state index contributed by atoms with van der Waals surface area (Å²) < 4.78 is 12.5. The topological polar surface area (TPSA) is 94.5 Å². The van der Waals surface area contributed by atoms with Gasteiger partial charge in [-0.25, -0.2) is 4.79 Å². The molecule has 1 heterocycles. The summed E-state index contributed by atoms with van der Waals surface area (Å²) in [5.41, 5.74) is 6.32. The molecular formula is C38H48N4O4. The third-order valence-electron chi connectivity index (χ3n) is 11.9. The van der Waals surface area contributed by atoms with Crippen LogP contribution in [0.15, 0.2) is 54.9 Å². The van der Waals surface area contributed by atoms with Gasteiger partial charge in [0.15, 0.2) is 0 Å². The first-order chi connectivity index (χ1) is 22.3. The van der Waals surface area contributed by atoms with Gasteiger partial charge in [-0.15, -0.1) is 0 Å². The Hall–Kier alpha value is -3.81. The summed E-state index contributed by atoms with van der Waals surface area (Å²) in [5.74, 6) is 1.04.